The van der Waals surface area contributed by atoms with Crippen LogP contribution in [0.25, 0.3) is 0 Å². The first-order chi connectivity index (χ1) is 9.52. The summed E-state index contributed by atoms with van der Waals surface area (Å²) >= 11 is 3.37. The average molecular weight is 333 g/mol. The van der Waals surface area contributed by atoms with Crippen molar-refractivity contribution in [3.05, 3.63) is 46.2 Å². The third-order valence-corrected chi connectivity index (χ3v) is 3.72. The molecule has 0 bridgehead atoms. The second-order valence-corrected chi connectivity index (χ2v) is 5.22. The van der Waals surface area contributed by atoms with Crippen LogP contribution in [0.5, 0.6) is 0 Å². The number of aromatic nitrogens is 2. The Bertz CT molecular complexity index is 667. The van der Waals surface area contributed by atoms with Crippen LogP contribution in [0.3, 0.4) is 0 Å². The summed E-state index contributed by atoms with van der Waals surface area (Å²) in [5.41, 5.74) is 1.77. The number of rotatable bonds is 3. The van der Waals surface area contributed by atoms with E-state index in [1.165, 1.54) is 0 Å². The summed E-state index contributed by atoms with van der Waals surface area (Å²) < 4.78 is 2.44. The number of benzene rings is 1. The van der Waals surface area contributed by atoms with Crippen LogP contribution in [0.1, 0.15) is 24.2 Å². The first kappa shape index (κ1) is 14.3. The molecule has 0 aliphatic rings. The van der Waals surface area contributed by atoms with E-state index in [1.54, 1.807) is 42.1 Å². The molecule has 0 radical (unpaired) electrons. The Morgan fingerprint density at radius 3 is 2.80 bits per heavy atom. The highest BCUT2D eigenvalue weighted by Crippen LogP contribution is 2.19. The van der Waals surface area contributed by atoms with Crippen molar-refractivity contribution in [1.82, 2.24) is 9.78 Å². The molecule has 1 aromatic carbocycles. The molecule has 20 heavy (non-hydrogen) atoms. The number of carbonyl (C=O) groups is 1. The molecule has 1 N–H and O–H groups in total. The Labute approximate surface area is 125 Å². The Morgan fingerprint density at radius 1 is 1.50 bits per heavy atom. The fourth-order valence-corrected chi connectivity index (χ4v) is 1.99. The van der Waals surface area contributed by atoms with Gasteiger partial charge in [0.15, 0.2) is 0 Å². The van der Waals surface area contributed by atoms with Crippen molar-refractivity contribution < 1.29 is 4.79 Å². The van der Waals surface area contributed by atoms with Crippen molar-refractivity contribution >= 4 is 27.5 Å². The molecule has 1 atom stereocenters. The molecule has 0 fully saturated rings. The van der Waals surface area contributed by atoms with Gasteiger partial charge in [0.25, 0.3) is 0 Å². The van der Waals surface area contributed by atoms with Crippen LogP contribution >= 0.6 is 15.9 Å². The van der Waals surface area contributed by atoms with Gasteiger partial charge in [0.2, 0.25) is 5.91 Å². The number of amides is 1. The summed E-state index contributed by atoms with van der Waals surface area (Å²) in [7, 11) is 0. The number of hydrogen-bond donors (Lipinski definition) is 1. The minimum Gasteiger partial charge on any atom is -0.323 e. The van der Waals surface area contributed by atoms with E-state index in [4.69, 9.17) is 5.26 Å². The van der Waals surface area contributed by atoms with E-state index in [0.29, 0.717) is 11.3 Å². The molecule has 0 aliphatic carbocycles. The smallest absolute Gasteiger partial charge is 0.248 e. The molecule has 1 heterocycles. The molecule has 0 spiro atoms. The van der Waals surface area contributed by atoms with Gasteiger partial charge in [0.1, 0.15) is 12.1 Å². The lowest BCUT2D eigenvalue weighted by Crippen LogP contribution is -2.24. The lowest BCUT2D eigenvalue weighted by atomic mass is 10.2. The number of nitrogens with zero attached hydrogens (tertiary/aromatic N) is 3. The fraction of sp³-hybridized carbons (Fsp3) is 0.214. The van der Waals surface area contributed by atoms with Gasteiger partial charge in [0.05, 0.1) is 21.4 Å². The van der Waals surface area contributed by atoms with E-state index in [0.717, 1.165) is 10.2 Å². The van der Waals surface area contributed by atoms with Crippen molar-refractivity contribution in [3.63, 3.8) is 0 Å². The number of hydrogen-bond acceptors (Lipinski definition) is 3. The van der Waals surface area contributed by atoms with E-state index in [1.807, 2.05) is 13.0 Å². The highest BCUT2D eigenvalue weighted by atomic mass is 79.9. The third-order valence-electron chi connectivity index (χ3n) is 2.94. The number of nitrogens with one attached hydrogen (secondary N) is 1. The Morgan fingerprint density at radius 2 is 2.20 bits per heavy atom. The topological polar surface area (TPSA) is 70.7 Å². The highest BCUT2D eigenvalue weighted by Gasteiger charge is 2.18. The van der Waals surface area contributed by atoms with Gasteiger partial charge in [-0.05, 0) is 41.9 Å². The van der Waals surface area contributed by atoms with Crippen molar-refractivity contribution in [2.45, 2.75) is 19.9 Å². The molecule has 1 amide bonds. The molecular formula is C14H13BrN4O. The summed E-state index contributed by atoms with van der Waals surface area (Å²) in [6, 6.07) is 8.47. The quantitative estimate of drug-likeness (QED) is 0.938. The maximum Gasteiger partial charge on any atom is 0.248 e. The minimum absolute atomic E-state index is 0.220. The highest BCUT2D eigenvalue weighted by molar-refractivity contribution is 9.10. The lowest BCUT2D eigenvalue weighted by Gasteiger charge is -2.13. The number of para-hydroxylation sites is 1. The summed E-state index contributed by atoms with van der Waals surface area (Å²) in [5, 5.41) is 16.0. The molecule has 6 heteroatoms. The molecular weight excluding hydrogens is 320 g/mol. The van der Waals surface area contributed by atoms with Crippen molar-refractivity contribution in [2.24, 2.45) is 0 Å². The summed E-state index contributed by atoms with van der Waals surface area (Å²) in [6.07, 6.45) is 1.76. The predicted octanol–water partition coefficient (Wildman–Crippen LogP) is 3.03. The van der Waals surface area contributed by atoms with Gasteiger partial charge in [0, 0.05) is 6.20 Å². The number of anilines is 1. The molecule has 0 saturated heterocycles. The van der Waals surface area contributed by atoms with E-state index < -0.39 is 6.04 Å². The molecule has 1 aromatic heterocycles. The Kier molecular flexibility index (Phi) is 4.20. The van der Waals surface area contributed by atoms with Gasteiger partial charge in [-0.1, -0.05) is 12.1 Å². The number of halogens is 1. The molecule has 5 nitrogen and oxygen atoms in total. The molecule has 102 valence electrons. The second kappa shape index (κ2) is 5.88. The maximum absolute atomic E-state index is 12.2. The van der Waals surface area contributed by atoms with E-state index in [9.17, 15) is 4.79 Å². The largest absolute Gasteiger partial charge is 0.323 e. The zero-order chi connectivity index (χ0) is 14.7. The van der Waals surface area contributed by atoms with Crippen LogP contribution < -0.4 is 5.32 Å². The molecule has 2 aromatic rings. The molecule has 2 rings (SSSR count). The standard InChI is InChI=1S/C14H13BrN4O/c1-9-12(15)8-19(18-9)10(2)14(20)17-13-6-4-3-5-11(13)7-16/h3-6,8,10H,1-2H3,(H,17,20). The van der Waals surface area contributed by atoms with Gasteiger partial charge in [-0.25, -0.2) is 0 Å². The number of aryl methyl sites for hydroxylation is 1. The molecule has 1 unspecified atom stereocenters. The van der Waals surface area contributed by atoms with Gasteiger partial charge >= 0.3 is 0 Å². The maximum atomic E-state index is 12.2. The average Bonchev–Trinajstić information content (AvgIpc) is 2.78. The normalized spacial score (nSPS) is 11.7. The first-order valence-corrected chi connectivity index (χ1v) is 6.83. The zero-order valence-corrected chi connectivity index (χ0v) is 12.7. The Balaban J connectivity index is 2.18. The van der Waals surface area contributed by atoms with E-state index in [2.05, 4.69) is 26.3 Å². The van der Waals surface area contributed by atoms with Gasteiger partial charge < -0.3 is 5.32 Å². The lowest BCUT2D eigenvalue weighted by molar-refractivity contribution is -0.119. The summed E-state index contributed by atoms with van der Waals surface area (Å²) in [5.74, 6) is -0.220. The summed E-state index contributed by atoms with van der Waals surface area (Å²) in [6.45, 7) is 3.61. The van der Waals surface area contributed by atoms with E-state index in [-0.39, 0.29) is 5.91 Å². The van der Waals surface area contributed by atoms with Crippen molar-refractivity contribution in [3.8, 4) is 6.07 Å². The SMILES string of the molecule is Cc1nn(C(C)C(=O)Nc2ccccc2C#N)cc1Br. The fourth-order valence-electron chi connectivity index (χ4n) is 1.70. The number of carbonyl (C=O) groups excluding carboxylic acids is 1. The van der Waals surface area contributed by atoms with Crippen LogP contribution in [0.15, 0.2) is 34.9 Å². The van der Waals surface area contributed by atoms with Crippen molar-refractivity contribution in [2.75, 3.05) is 5.32 Å². The monoisotopic (exact) mass is 332 g/mol. The van der Waals surface area contributed by atoms with Crippen molar-refractivity contribution in [1.29, 1.82) is 5.26 Å². The zero-order valence-electron chi connectivity index (χ0n) is 11.1. The third kappa shape index (κ3) is 2.89. The predicted molar refractivity (Wildman–Crippen MR) is 79.2 cm³/mol. The molecule has 0 aliphatic heterocycles. The minimum atomic E-state index is -0.466. The summed E-state index contributed by atoms with van der Waals surface area (Å²) in [4.78, 5) is 12.2. The van der Waals surface area contributed by atoms with E-state index >= 15 is 0 Å². The number of nitriles is 1. The van der Waals surface area contributed by atoms with Crippen LogP contribution in [0.2, 0.25) is 0 Å². The molecule has 0 saturated carbocycles. The van der Waals surface area contributed by atoms with Crippen LogP contribution in [-0.2, 0) is 4.79 Å². The Hall–Kier alpha value is -2.13. The second-order valence-electron chi connectivity index (χ2n) is 4.37. The van der Waals surface area contributed by atoms with Gasteiger partial charge in [-0.2, -0.15) is 10.4 Å². The van der Waals surface area contributed by atoms with Gasteiger partial charge in [-0.3, -0.25) is 9.48 Å². The van der Waals surface area contributed by atoms with Crippen LogP contribution in [-0.4, -0.2) is 15.7 Å². The first-order valence-electron chi connectivity index (χ1n) is 6.04. The van der Waals surface area contributed by atoms with Gasteiger partial charge in [-0.15, -0.1) is 0 Å². The van der Waals surface area contributed by atoms with Crippen LogP contribution in [0.4, 0.5) is 5.69 Å². The van der Waals surface area contributed by atoms with Crippen LogP contribution in [0, 0.1) is 18.3 Å².